The van der Waals surface area contributed by atoms with Crippen LogP contribution in [0.25, 0.3) is 5.69 Å². The Balaban J connectivity index is 1.97. The quantitative estimate of drug-likeness (QED) is 0.782. The van der Waals surface area contributed by atoms with Gasteiger partial charge in [0.25, 0.3) is 0 Å². The number of benzene rings is 1. The number of fused-ring (bicyclic) bond motifs is 1. The van der Waals surface area contributed by atoms with E-state index in [-0.39, 0.29) is 12.2 Å². The first-order chi connectivity index (χ1) is 10.1. The van der Waals surface area contributed by atoms with E-state index in [1.807, 2.05) is 31.2 Å². The lowest BCUT2D eigenvalue weighted by atomic mass is 10.2. The summed E-state index contributed by atoms with van der Waals surface area (Å²) in [6, 6.07) is 7.57. The monoisotopic (exact) mass is 288 g/mol. The summed E-state index contributed by atoms with van der Waals surface area (Å²) in [4.78, 5) is 25.5. The smallest absolute Gasteiger partial charge is 0.409 e. The topological polar surface area (TPSA) is 69.4 Å². The van der Waals surface area contributed by atoms with Crippen molar-refractivity contribution in [2.24, 2.45) is 0 Å². The summed E-state index contributed by atoms with van der Waals surface area (Å²) < 4.78 is 7.67. The Kier molecular flexibility index (Phi) is 3.25. The van der Waals surface area contributed by atoms with Crippen LogP contribution < -0.4 is 5.69 Å². The van der Waals surface area contributed by atoms with Crippen LogP contribution in [0.3, 0.4) is 0 Å². The number of nitrogens with zero attached hydrogens (tertiary/aromatic N) is 4. The molecule has 7 heteroatoms. The first-order valence-electron chi connectivity index (χ1n) is 6.69. The molecule has 0 fully saturated rings. The second kappa shape index (κ2) is 5.08. The first kappa shape index (κ1) is 13.4. The molecule has 0 atom stereocenters. The number of rotatable bonds is 1. The molecular formula is C14H16N4O3. The van der Waals surface area contributed by atoms with Crippen molar-refractivity contribution in [2.45, 2.75) is 20.0 Å². The highest BCUT2D eigenvalue weighted by molar-refractivity contribution is 5.67. The minimum Gasteiger partial charge on any atom is -0.453 e. The van der Waals surface area contributed by atoms with E-state index < -0.39 is 6.09 Å². The number of carbonyl (C=O) groups excluding carboxylic acids is 1. The van der Waals surface area contributed by atoms with Crippen molar-refractivity contribution in [3.05, 3.63) is 46.1 Å². The van der Waals surface area contributed by atoms with Gasteiger partial charge < -0.3 is 4.74 Å². The van der Waals surface area contributed by atoms with E-state index in [4.69, 9.17) is 4.74 Å². The van der Waals surface area contributed by atoms with Crippen molar-refractivity contribution in [3.8, 4) is 5.69 Å². The van der Waals surface area contributed by atoms with Gasteiger partial charge in [-0.2, -0.15) is 4.68 Å². The summed E-state index contributed by atoms with van der Waals surface area (Å²) in [6.07, 6.45) is -0.404. The van der Waals surface area contributed by atoms with Crippen LogP contribution in [0.5, 0.6) is 0 Å². The molecule has 1 aromatic heterocycles. The zero-order valence-electron chi connectivity index (χ0n) is 11.9. The Hall–Kier alpha value is -2.57. The number of aromatic nitrogens is 3. The molecule has 0 spiro atoms. The van der Waals surface area contributed by atoms with Crippen molar-refractivity contribution in [3.63, 3.8) is 0 Å². The maximum absolute atomic E-state index is 12.4. The molecule has 0 unspecified atom stereocenters. The van der Waals surface area contributed by atoms with E-state index >= 15 is 0 Å². The van der Waals surface area contributed by atoms with Gasteiger partial charge in [-0.1, -0.05) is 17.7 Å². The summed E-state index contributed by atoms with van der Waals surface area (Å²) in [7, 11) is 1.34. The molecule has 0 N–H and O–H groups in total. The average molecular weight is 288 g/mol. The van der Waals surface area contributed by atoms with Gasteiger partial charge in [0.05, 0.1) is 19.3 Å². The zero-order valence-corrected chi connectivity index (χ0v) is 11.9. The Labute approximate surface area is 121 Å². The van der Waals surface area contributed by atoms with Gasteiger partial charge in [-0.3, -0.25) is 9.47 Å². The zero-order chi connectivity index (χ0) is 15.0. The van der Waals surface area contributed by atoms with Gasteiger partial charge in [0.15, 0.2) is 5.82 Å². The third kappa shape index (κ3) is 2.31. The minimum atomic E-state index is -0.404. The molecule has 1 aromatic carbocycles. The van der Waals surface area contributed by atoms with Crippen molar-refractivity contribution < 1.29 is 9.53 Å². The fourth-order valence-corrected chi connectivity index (χ4v) is 2.39. The Morgan fingerprint density at radius 1 is 1.24 bits per heavy atom. The maximum Gasteiger partial charge on any atom is 0.409 e. The summed E-state index contributed by atoms with van der Waals surface area (Å²) in [5, 5.41) is 4.33. The first-order valence-corrected chi connectivity index (χ1v) is 6.69. The van der Waals surface area contributed by atoms with E-state index in [0.717, 1.165) is 11.3 Å². The van der Waals surface area contributed by atoms with Gasteiger partial charge in [-0.05, 0) is 19.1 Å². The molecule has 1 aliphatic heterocycles. The molecule has 110 valence electrons. The molecule has 0 bridgehead atoms. The van der Waals surface area contributed by atoms with Gasteiger partial charge >= 0.3 is 11.8 Å². The van der Waals surface area contributed by atoms with Crippen LogP contribution in [-0.2, 0) is 17.8 Å². The van der Waals surface area contributed by atoms with Crippen molar-refractivity contribution in [1.82, 2.24) is 19.2 Å². The van der Waals surface area contributed by atoms with Gasteiger partial charge in [-0.25, -0.2) is 9.59 Å². The van der Waals surface area contributed by atoms with Crippen molar-refractivity contribution in [2.75, 3.05) is 13.7 Å². The second-order valence-corrected chi connectivity index (χ2v) is 4.99. The van der Waals surface area contributed by atoms with E-state index in [0.29, 0.717) is 18.9 Å². The lowest BCUT2D eigenvalue weighted by molar-refractivity contribution is 0.111. The molecule has 0 aliphatic carbocycles. The van der Waals surface area contributed by atoms with Crippen molar-refractivity contribution in [1.29, 1.82) is 0 Å². The molecule has 0 radical (unpaired) electrons. The van der Waals surface area contributed by atoms with Crippen LogP contribution in [0.15, 0.2) is 29.1 Å². The Morgan fingerprint density at radius 2 is 1.95 bits per heavy atom. The predicted octanol–water partition coefficient (Wildman–Crippen LogP) is 0.924. The van der Waals surface area contributed by atoms with Crippen LogP contribution in [0.1, 0.15) is 11.4 Å². The SMILES string of the molecule is COC(=O)N1CCn2c(nn(-c3ccc(C)cc3)c2=O)C1. The standard InChI is InChI=1S/C14H16N4O3/c1-10-3-5-11(6-4-10)18-13(19)17-8-7-16(14(20)21-2)9-12(17)15-18/h3-6H,7-9H2,1-2H3. The number of hydrogen-bond acceptors (Lipinski definition) is 4. The number of carbonyl (C=O) groups is 1. The van der Waals surface area contributed by atoms with Gasteiger partial charge in [0, 0.05) is 13.1 Å². The van der Waals surface area contributed by atoms with E-state index in [2.05, 4.69) is 5.10 Å². The molecule has 1 aliphatic rings. The Bertz CT molecular complexity index is 730. The predicted molar refractivity (Wildman–Crippen MR) is 75.4 cm³/mol. The maximum atomic E-state index is 12.4. The number of methoxy groups -OCH3 is 1. The number of hydrogen-bond donors (Lipinski definition) is 0. The van der Waals surface area contributed by atoms with Crippen molar-refractivity contribution >= 4 is 6.09 Å². The lowest BCUT2D eigenvalue weighted by Gasteiger charge is -2.24. The largest absolute Gasteiger partial charge is 0.453 e. The molecule has 0 saturated heterocycles. The molecule has 2 heterocycles. The fourth-order valence-electron chi connectivity index (χ4n) is 2.39. The minimum absolute atomic E-state index is 0.182. The number of amides is 1. The highest BCUT2D eigenvalue weighted by Gasteiger charge is 2.25. The molecule has 21 heavy (non-hydrogen) atoms. The normalized spacial score (nSPS) is 13.9. The van der Waals surface area contributed by atoms with Crippen LogP contribution in [0.2, 0.25) is 0 Å². The highest BCUT2D eigenvalue weighted by atomic mass is 16.5. The molecule has 2 aromatic rings. The highest BCUT2D eigenvalue weighted by Crippen LogP contribution is 2.12. The van der Waals surface area contributed by atoms with Gasteiger partial charge in [0.1, 0.15) is 0 Å². The summed E-state index contributed by atoms with van der Waals surface area (Å²) in [5.41, 5.74) is 1.66. The fraction of sp³-hybridized carbons (Fsp3) is 0.357. The van der Waals surface area contributed by atoms with E-state index in [9.17, 15) is 9.59 Å². The molecule has 0 saturated carbocycles. The van der Waals surface area contributed by atoms with Crippen LogP contribution in [-0.4, -0.2) is 39.0 Å². The summed E-state index contributed by atoms with van der Waals surface area (Å²) >= 11 is 0. The van der Waals surface area contributed by atoms with Gasteiger partial charge in [0.2, 0.25) is 0 Å². The average Bonchev–Trinajstić information content (AvgIpc) is 2.84. The number of aryl methyl sites for hydroxylation is 1. The van der Waals surface area contributed by atoms with E-state index in [1.54, 1.807) is 4.57 Å². The van der Waals surface area contributed by atoms with Crippen LogP contribution in [0.4, 0.5) is 4.79 Å². The van der Waals surface area contributed by atoms with Gasteiger partial charge in [-0.15, -0.1) is 5.10 Å². The molecule has 3 rings (SSSR count). The molecule has 1 amide bonds. The summed E-state index contributed by atoms with van der Waals surface area (Å²) in [5.74, 6) is 0.567. The van der Waals surface area contributed by atoms with E-state index in [1.165, 1.54) is 16.7 Å². The summed E-state index contributed by atoms with van der Waals surface area (Å²) in [6.45, 7) is 3.13. The second-order valence-electron chi connectivity index (χ2n) is 4.99. The molecular weight excluding hydrogens is 272 g/mol. The third-order valence-electron chi connectivity index (χ3n) is 3.58. The number of ether oxygens (including phenoxy) is 1. The lowest BCUT2D eigenvalue weighted by Crippen LogP contribution is -2.40. The van der Waals surface area contributed by atoms with Crippen LogP contribution >= 0.6 is 0 Å². The third-order valence-corrected chi connectivity index (χ3v) is 3.58. The molecule has 7 nitrogen and oxygen atoms in total. The van der Waals surface area contributed by atoms with Crippen LogP contribution in [0, 0.1) is 6.92 Å². The Morgan fingerprint density at radius 3 is 2.62 bits per heavy atom.